The van der Waals surface area contributed by atoms with Gasteiger partial charge in [-0.3, -0.25) is 4.79 Å². The van der Waals surface area contributed by atoms with Crippen molar-refractivity contribution in [3.63, 3.8) is 0 Å². The minimum atomic E-state index is -1.21. The minimum Gasteiger partial charge on any atom is -0.480 e. The maximum absolute atomic E-state index is 12.7. The molecule has 1 atom stereocenters. The molecule has 0 bridgehead atoms. The summed E-state index contributed by atoms with van der Waals surface area (Å²) >= 11 is 0. The molecule has 1 amide bonds. The standard InChI is InChI=1S/C21H25N3O7/c1-21(2,3)31-20(29)23-16(18(26)27)10-12-4-6-13(7-5-12)24-17(25)14-11-30-9-8-15(14)22-19(24)28/h4-7,16H,8-11H2,1-3H3,(H,22,28)(H,23,29)(H,26,27). The van der Waals surface area contributed by atoms with Crippen LogP contribution in [-0.4, -0.2) is 45.0 Å². The van der Waals surface area contributed by atoms with E-state index in [4.69, 9.17) is 9.47 Å². The molecule has 0 saturated carbocycles. The summed E-state index contributed by atoms with van der Waals surface area (Å²) in [5, 5.41) is 11.8. The third kappa shape index (κ3) is 5.40. The Bertz CT molecular complexity index is 1090. The monoisotopic (exact) mass is 431 g/mol. The van der Waals surface area contributed by atoms with Gasteiger partial charge in [0.05, 0.1) is 24.5 Å². The molecule has 0 aliphatic carbocycles. The molecule has 2 aromatic rings. The van der Waals surface area contributed by atoms with Gasteiger partial charge in [-0.15, -0.1) is 0 Å². The van der Waals surface area contributed by atoms with Crippen LogP contribution in [0.3, 0.4) is 0 Å². The second-order valence-electron chi connectivity index (χ2n) is 8.24. The number of carboxylic acid groups (broad SMARTS) is 1. The number of carbonyl (C=O) groups excluding carboxylic acids is 1. The smallest absolute Gasteiger partial charge is 0.408 e. The lowest BCUT2D eigenvalue weighted by atomic mass is 10.1. The summed E-state index contributed by atoms with van der Waals surface area (Å²) in [6.07, 6.45) is -0.357. The van der Waals surface area contributed by atoms with Gasteiger partial charge in [-0.25, -0.2) is 19.0 Å². The SMILES string of the molecule is CC(C)(C)OC(=O)NC(Cc1ccc(-n2c(=O)[nH]c3c(c2=O)COCC3)cc1)C(=O)O. The molecule has 10 nitrogen and oxygen atoms in total. The average Bonchev–Trinajstić information content (AvgIpc) is 2.67. The molecule has 1 aliphatic heterocycles. The van der Waals surface area contributed by atoms with Crippen LogP contribution in [0.15, 0.2) is 33.9 Å². The van der Waals surface area contributed by atoms with Crippen molar-refractivity contribution in [2.24, 2.45) is 0 Å². The summed E-state index contributed by atoms with van der Waals surface area (Å²) in [4.78, 5) is 51.4. The first-order valence-corrected chi connectivity index (χ1v) is 9.81. The number of carbonyl (C=O) groups is 2. The van der Waals surface area contributed by atoms with Crippen LogP contribution in [0, 0.1) is 0 Å². The first-order valence-electron chi connectivity index (χ1n) is 9.81. The normalized spacial score (nSPS) is 14.4. The second kappa shape index (κ2) is 8.76. The van der Waals surface area contributed by atoms with Crippen molar-refractivity contribution >= 4 is 12.1 Å². The number of nitrogens with zero attached hydrogens (tertiary/aromatic N) is 1. The Hall–Kier alpha value is -3.40. The molecule has 3 rings (SSSR count). The molecule has 1 unspecified atom stereocenters. The topological polar surface area (TPSA) is 140 Å². The molecule has 166 valence electrons. The zero-order valence-corrected chi connectivity index (χ0v) is 17.6. The number of aliphatic carboxylic acids is 1. The van der Waals surface area contributed by atoms with Gasteiger partial charge in [-0.2, -0.15) is 0 Å². The number of nitrogens with one attached hydrogen (secondary N) is 2. The first kappa shape index (κ1) is 22.3. The van der Waals surface area contributed by atoms with Crippen LogP contribution >= 0.6 is 0 Å². The highest BCUT2D eigenvalue weighted by Gasteiger charge is 2.24. The quantitative estimate of drug-likeness (QED) is 0.644. The molecular weight excluding hydrogens is 406 g/mol. The fraction of sp³-hybridized carbons (Fsp3) is 0.429. The van der Waals surface area contributed by atoms with E-state index in [1.807, 2.05) is 0 Å². The zero-order valence-electron chi connectivity index (χ0n) is 17.6. The summed E-state index contributed by atoms with van der Waals surface area (Å²) in [5.74, 6) is -1.21. The van der Waals surface area contributed by atoms with Gasteiger partial charge in [0.15, 0.2) is 0 Å². The van der Waals surface area contributed by atoms with E-state index >= 15 is 0 Å². The molecule has 1 aromatic heterocycles. The third-order valence-corrected chi connectivity index (χ3v) is 4.65. The highest BCUT2D eigenvalue weighted by Crippen LogP contribution is 2.13. The maximum atomic E-state index is 12.7. The highest BCUT2D eigenvalue weighted by atomic mass is 16.6. The number of alkyl carbamates (subject to hydrolysis) is 1. The molecule has 0 saturated heterocycles. The maximum Gasteiger partial charge on any atom is 0.408 e. The van der Waals surface area contributed by atoms with Crippen molar-refractivity contribution in [2.45, 2.75) is 51.9 Å². The average molecular weight is 431 g/mol. The summed E-state index contributed by atoms with van der Waals surface area (Å²) in [6, 6.07) is 5.10. The molecule has 10 heteroatoms. The van der Waals surface area contributed by atoms with Crippen LogP contribution in [0.5, 0.6) is 0 Å². The summed E-state index contributed by atoms with van der Waals surface area (Å²) in [5.41, 5.74) is 0.201. The number of ether oxygens (including phenoxy) is 2. The van der Waals surface area contributed by atoms with Gasteiger partial charge in [0, 0.05) is 18.5 Å². The molecule has 3 N–H and O–H groups in total. The van der Waals surface area contributed by atoms with E-state index in [1.165, 1.54) is 0 Å². The number of hydrogen-bond donors (Lipinski definition) is 3. The predicted octanol–water partition coefficient (Wildman–Crippen LogP) is 1.12. The van der Waals surface area contributed by atoms with Crippen LogP contribution in [-0.2, 0) is 33.7 Å². The van der Waals surface area contributed by atoms with Gasteiger partial charge in [-0.05, 0) is 38.5 Å². The van der Waals surface area contributed by atoms with Crippen LogP contribution in [0.2, 0.25) is 0 Å². The Labute approximate surface area is 177 Å². The number of aromatic nitrogens is 2. The molecule has 0 fully saturated rings. The Morgan fingerprint density at radius 2 is 1.94 bits per heavy atom. The Balaban J connectivity index is 1.80. The number of amides is 1. The Morgan fingerprint density at radius 1 is 1.26 bits per heavy atom. The molecule has 31 heavy (non-hydrogen) atoms. The first-order chi connectivity index (χ1) is 14.5. The van der Waals surface area contributed by atoms with Gasteiger partial charge >= 0.3 is 17.8 Å². The fourth-order valence-corrected chi connectivity index (χ4v) is 3.23. The van der Waals surface area contributed by atoms with Crippen molar-refractivity contribution in [1.29, 1.82) is 0 Å². The summed E-state index contributed by atoms with van der Waals surface area (Å²) in [7, 11) is 0. The highest BCUT2D eigenvalue weighted by molar-refractivity contribution is 5.80. The van der Waals surface area contributed by atoms with Crippen molar-refractivity contribution < 1.29 is 24.2 Å². The fourth-order valence-electron chi connectivity index (χ4n) is 3.23. The van der Waals surface area contributed by atoms with E-state index < -0.39 is 35.0 Å². The van der Waals surface area contributed by atoms with E-state index in [0.717, 1.165) is 4.57 Å². The third-order valence-electron chi connectivity index (χ3n) is 4.65. The Kier molecular flexibility index (Phi) is 6.30. The number of fused-ring (bicyclic) bond motifs is 1. The number of benzene rings is 1. The van der Waals surface area contributed by atoms with Gasteiger partial charge in [-0.1, -0.05) is 12.1 Å². The summed E-state index contributed by atoms with van der Waals surface area (Å²) < 4.78 is 11.4. The molecule has 1 aliphatic rings. The van der Waals surface area contributed by atoms with Crippen molar-refractivity contribution in [3.05, 3.63) is 61.9 Å². The van der Waals surface area contributed by atoms with Crippen LogP contribution < -0.4 is 16.6 Å². The molecule has 0 radical (unpaired) electrons. The van der Waals surface area contributed by atoms with E-state index in [9.17, 15) is 24.3 Å². The second-order valence-corrected chi connectivity index (χ2v) is 8.24. The summed E-state index contributed by atoms with van der Waals surface area (Å²) in [6.45, 7) is 5.62. The predicted molar refractivity (Wildman–Crippen MR) is 111 cm³/mol. The van der Waals surface area contributed by atoms with Crippen LogP contribution in [0.25, 0.3) is 5.69 Å². The van der Waals surface area contributed by atoms with E-state index in [2.05, 4.69) is 10.3 Å². The largest absolute Gasteiger partial charge is 0.480 e. The van der Waals surface area contributed by atoms with Gasteiger partial charge in [0.25, 0.3) is 5.56 Å². The van der Waals surface area contributed by atoms with E-state index in [-0.39, 0.29) is 13.0 Å². The van der Waals surface area contributed by atoms with E-state index in [1.54, 1.807) is 45.0 Å². The molecule has 0 spiro atoms. The van der Waals surface area contributed by atoms with E-state index in [0.29, 0.717) is 35.5 Å². The Morgan fingerprint density at radius 3 is 2.55 bits per heavy atom. The lowest BCUT2D eigenvalue weighted by molar-refractivity contribution is -0.139. The van der Waals surface area contributed by atoms with Gasteiger partial charge in [0.2, 0.25) is 0 Å². The molecular formula is C21H25N3O7. The van der Waals surface area contributed by atoms with Gasteiger partial charge in [0.1, 0.15) is 11.6 Å². The lowest BCUT2D eigenvalue weighted by Gasteiger charge is -2.22. The van der Waals surface area contributed by atoms with Crippen molar-refractivity contribution in [2.75, 3.05) is 6.61 Å². The number of hydrogen-bond acceptors (Lipinski definition) is 6. The molecule has 1 aromatic carbocycles. The van der Waals surface area contributed by atoms with Crippen LogP contribution in [0.4, 0.5) is 4.79 Å². The minimum absolute atomic E-state index is 0.00185. The number of H-pyrrole nitrogens is 1. The zero-order chi connectivity index (χ0) is 22.8. The number of aromatic amines is 1. The lowest BCUT2D eigenvalue weighted by Crippen LogP contribution is -2.44. The molecule has 2 heterocycles. The number of rotatable bonds is 5. The number of carboxylic acids is 1. The van der Waals surface area contributed by atoms with Crippen molar-refractivity contribution in [1.82, 2.24) is 14.9 Å². The van der Waals surface area contributed by atoms with Crippen LogP contribution in [0.1, 0.15) is 37.6 Å². The van der Waals surface area contributed by atoms with Gasteiger partial charge < -0.3 is 24.9 Å². The van der Waals surface area contributed by atoms with Crippen molar-refractivity contribution in [3.8, 4) is 5.69 Å².